The molecule has 0 saturated heterocycles. The minimum absolute atomic E-state index is 0.0867. The van der Waals surface area contributed by atoms with Gasteiger partial charge in [0.1, 0.15) is 0 Å². The van der Waals surface area contributed by atoms with E-state index in [0.717, 1.165) is 0 Å². The number of rotatable bonds is 4. The summed E-state index contributed by atoms with van der Waals surface area (Å²) in [5, 5.41) is 14.1. The Balaban J connectivity index is 2.98. The molecule has 0 aliphatic rings. The molecule has 6 heteroatoms. The molecule has 6 nitrogen and oxygen atoms in total. The molecule has 3 amide bonds. The average Bonchev–Trinajstić information content (AvgIpc) is 2.38. The summed E-state index contributed by atoms with van der Waals surface area (Å²) in [4.78, 5) is 27.0. The molecule has 0 aromatic carbocycles. The van der Waals surface area contributed by atoms with E-state index < -0.39 is 6.03 Å². The highest BCUT2D eigenvalue weighted by Crippen LogP contribution is 2.25. The van der Waals surface area contributed by atoms with Crippen LogP contribution in [0.4, 0.5) is 10.5 Å². The van der Waals surface area contributed by atoms with Crippen LogP contribution in [0.5, 0.6) is 0 Å². The van der Waals surface area contributed by atoms with Crippen LogP contribution in [-0.2, 0) is 11.4 Å². The first-order chi connectivity index (χ1) is 8.99. The molecule has 104 valence electrons. The van der Waals surface area contributed by atoms with Crippen LogP contribution < -0.4 is 10.6 Å². The van der Waals surface area contributed by atoms with Gasteiger partial charge >= 0.3 is 6.03 Å². The summed E-state index contributed by atoms with van der Waals surface area (Å²) in [7, 11) is 0. The topological polar surface area (TPSA) is 91.3 Å². The Labute approximate surface area is 112 Å². The Morgan fingerprint density at radius 3 is 2.63 bits per heavy atom. The monoisotopic (exact) mass is 265 g/mol. The quantitative estimate of drug-likeness (QED) is 0.773. The van der Waals surface area contributed by atoms with Crippen LogP contribution in [0.25, 0.3) is 0 Å². The summed E-state index contributed by atoms with van der Waals surface area (Å²) in [6.45, 7) is 5.32. The lowest BCUT2D eigenvalue weighted by Gasteiger charge is -2.16. The third kappa shape index (κ3) is 4.03. The summed E-state index contributed by atoms with van der Waals surface area (Å²) in [6, 6.07) is 1.01. The van der Waals surface area contributed by atoms with E-state index in [0.29, 0.717) is 16.9 Å². The molecule has 0 bridgehead atoms. The Bertz CT molecular complexity index is 472. The third-order valence-electron chi connectivity index (χ3n) is 2.60. The molecule has 19 heavy (non-hydrogen) atoms. The van der Waals surface area contributed by atoms with Crippen molar-refractivity contribution >= 4 is 17.6 Å². The van der Waals surface area contributed by atoms with Crippen molar-refractivity contribution in [3.05, 3.63) is 23.5 Å². The molecule has 1 heterocycles. The van der Waals surface area contributed by atoms with E-state index in [9.17, 15) is 14.7 Å². The van der Waals surface area contributed by atoms with Crippen LogP contribution in [0.2, 0.25) is 0 Å². The second kappa shape index (κ2) is 6.84. The molecular formula is C13H19N3O3. The zero-order chi connectivity index (χ0) is 14.4. The minimum atomic E-state index is -0.614. The predicted molar refractivity (Wildman–Crippen MR) is 71.7 cm³/mol. The number of aliphatic hydroxyl groups is 1. The van der Waals surface area contributed by atoms with Crippen molar-refractivity contribution in [3.63, 3.8) is 0 Å². The lowest BCUT2D eigenvalue weighted by molar-refractivity contribution is -0.119. The molecule has 1 rings (SSSR count). The van der Waals surface area contributed by atoms with Crippen molar-refractivity contribution in [2.24, 2.45) is 0 Å². The van der Waals surface area contributed by atoms with Crippen molar-refractivity contribution in [3.8, 4) is 0 Å². The number of urea groups is 1. The molecule has 0 fully saturated rings. The van der Waals surface area contributed by atoms with Crippen LogP contribution in [0.1, 0.15) is 44.4 Å². The van der Waals surface area contributed by atoms with Crippen molar-refractivity contribution in [1.29, 1.82) is 0 Å². The van der Waals surface area contributed by atoms with Gasteiger partial charge < -0.3 is 10.4 Å². The molecule has 1 aromatic rings. The number of carbonyl (C=O) groups is 2. The summed E-state index contributed by atoms with van der Waals surface area (Å²) in [5.41, 5.74) is 1.70. The highest BCUT2D eigenvalue weighted by atomic mass is 16.3. The largest absolute Gasteiger partial charge is 0.392 e. The van der Waals surface area contributed by atoms with Crippen LogP contribution in [0.3, 0.4) is 0 Å². The zero-order valence-corrected chi connectivity index (χ0v) is 11.4. The summed E-state index contributed by atoms with van der Waals surface area (Å²) in [6.07, 6.45) is 1.81. The SMILES string of the molecule is CCC(=O)NC(=O)Nc1c(CO)ccnc1C(C)C. The van der Waals surface area contributed by atoms with Gasteiger partial charge in [0, 0.05) is 18.2 Å². The number of nitrogens with zero attached hydrogens (tertiary/aromatic N) is 1. The smallest absolute Gasteiger partial charge is 0.325 e. The molecule has 0 radical (unpaired) electrons. The molecule has 1 aromatic heterocycles. The molecule has 0 atom stereocenters. The normalized spacial score (nSPS) is 10.4. The lowest BCUT2D eigenvalue weighted by Crippen LogP contribution is -2.34. The van der Waals surface area contributed by atoms with Crippen LogP contribution in [0.15, 0.2) is 12.3 Å². The zero-order valence-electron chi connectivity index (χ0n) is 11.4. The fraction of sp³-hybridized carbons (Fsp3) is 0.462. The Morgan fingerprint density at radius 2 is 2.11 bits per heavy atom. The van der Waals surface area contributed by atoms with Gasteiger partial charge in [0.25, 0.3) is 0 Å². The second-order valence-electron chi connectivity index (χ2n) is 4.40. The number of amides is 3. The van der Waals surface area contributed by atoms with Crippen LogP contribution in [-0.4, -0.2) is 22.0 Å². The van der Waals surface area contributed by atoms with Crippen molar-refractivity contribution in [2.45, 2.75) is 39.7 Å². The van der Waals surface area contributed by atoms with Crippen molar-refractivity contribution < 1.29 is 14.7 Å². The molecule has 0 aliphatic heterocycles. The predicted octanol–water partition coefficient (Wildman–Crippen LogP) is 1.76. The number of pyridine rings is 1. The number of hydrogen-bond donors (Lipinski definition) is 3. The van der Waals surface area contributed by atoms with Crippen LogP contribution >= 0.6 is 0 Å². The van der Waals surface area contributed by atoms with Crippen molar-refractivity contribution in [2.75, 3.05) is 5.32 Å². The number of aliphatic hydroxyl groups excluding tert-OH is 1. The van der Waals surface area contributed by atoms with Gasteiger partial charge in [-0.3, -0.25) is 15.1 Å². The van der Waals surface area contributed by atoms with Gasteiger partial charge in [-0.2, -0.15) is 0 Å². The Morgan fingerprint density at radius 1 is 1.42 bits per heavy atom. The van der Waals surface area contributed by atoms with Crippen LogP contribution in [0, 0.1) is 0 Å². The van der Waals surface area contributed by atoms with E-state index in [1.807, 2.05) is 13.8 Å². The van der Waals surface area contributed by atoms with Gasteiger partial charge in [0.15, 0.2) is 0 Å². The first kappa shape index (κ1) is 15.1. The number of nitrogens with one attached hydrogen (secondary N) is 2. The maximum Gasteiger partial charge on any atom is 0.325 e. The van der Waals surface area contributed by atoms with E-state index in [2.05, 4.69) is 15.6 Å². The Kier molecular flexibility index (Phi) is 5.44. The summed E-state index contributed by atoms with van der Waals surface area (Å²) < 4.78 is 0. The fourth-order valence-corrected chi connectivity index (χ4v) is 1.59. The lowest BCUT2D eigenvalue weighted by atomic mass is 10.0. The molecule has 0 unspecified atom stereocenters. The van der Waals surface area contributed by atoms with Gasteiger partial charge in [0.05, 0.1) is 18.0 Å². The summed E-state index contributed by atoms with van der Waals surface area (Å²) in [5.74, 6) is -0.276. The van der Waals surface area contributed by atoms with E-state index in [4.69, 9.17) is 0 Å². The number of anilines is 1. The number of imide groups is 1. The van der Waals surface area contributed by atoms with Gasteiger partial charge in [-0.25, -0.2) is 4.79 Å². The Hall–Kier alpha value is -1.95. The third-order valence-corrected chi connectivity index (χ3v) is 2.60. The standard InChI is InChI=1S/C13H19N3O3/c1-4-10(18)15-13(19)16-12-9(7-17)5-6-14-11(12)8(2)3/h5-6,8,17H,4,7H2,1-3H3,(H2,15,16,18,19). The molecule has 0 spiro atoms. The first-order valence-corrected chi connectivity index (χ1v) is 6.19. The highest BCUT2D eigenvalue weighted by Gasteiger charge is 2.15. The van der Waals surface area contributed by atoms with E-state index in [-0.39, 0.29) is 24.9 Å². The summed E-state index contributed by atoms with van der Waals surface area (Å²) >= 11 is 0. The second-order valence-corrected chi connectivity index (χ2v) is 4.40. The first-order valence-electron chi connectivity index (χ1n) is 6.19. The van der Waals surface area contributed by atoms with Crippen molar-refractivity contribution in [1.82, 2.24) is 10.3 Å². The molecule has 3 N–H and O–H groups in total. The molecular weight excluding hydrogens is 246 g/mol. The van der Waals surface area contributed by atoms with Gasteiger partial charge in [0.2, 0.25) is 5.91 Å². The van der Waals surface area contributed by atoms with Gasteiger partial charge in [-0.05, 0) is 12.0 Å². The van der Waals surface area contributed by atoms with Gasteiger partial charge in [-0.15, -0.1) is 0 Å². The fourth-order valence-electron chi connectivity index (χ4n) is 1.59. The highest BCUT2D eigenvalue weighted by molar-refractivity contribution is 6.01. The van der Waals surface area contributed by atoms with E-state index in [1.165, 1.54) is 0 Å². The van der Waals surface area contributed by atoms with E-state index in [1.54, 1.807) is 19.2 Å². The number of aromatic nitrogens is 1. The van der Waals surface area contributed by atoms with E-state index >= 15 is 0 Å². The average molecular weight is 265 g/mol. The molecule has 0 aliphatic carbocycles. The number of hydrogen-bond acceptors (Lipinski definition) is 4. The maximum absolute atomic E-state index is 11.7. The number of carbonyl (C=O) groups excluding carboxylic acids is 2. The van der Waals surface area contributed by atoms with Gasteiger partial charge in [-0.1, -0.05) is 20.8 Å². The molecule has 0 saturated carbocycles. The minimum Gasteiger partial charge on any atom is -0.392 e. The maximum atomic E-state index is 11.7.